The number of anilines is 4. The van der Waals surface area contributed by atoms with E-state index in [1.807, 2.05) is 18.2 Å². The second kappa shape index (κ2) is 10.0. The van der Waals surface area contributed by atoms with Crippen molar-refractivity contribution in [3.05, 3.63) is 30.2 Å². The Kier molecular flexibility index (Phi) is 6.58. The molecule has 2 aromatic rings. The van der Waals surface area contributed by atoms with Crippen molar-refractivity contribution in [2.75, 3.05) is 42.5 Å². The van der Waals surface area contributed by atoms with Crippen molar-refractivity contribution in [3.8, 4) is 5.75 Å². The van der Waals surface area contributed by atoms with Crippen LogP contribution in [0.25, 0.3) is 0 Å². The normalized spacial score (nSPS) is 24.7. The van der Waals surface area contributed by atoms with Gasteiger partial charge in [-0.1, -0.05) is 0 Å². The van der Waals surface area contributed by atoms with Gasteiger partial charge in [-0.25, -0.2) is 19.9 Å². The first-order valence-corrected chi connectivity index (χ1v) is 13.0. The minimum absolute atomic E-state index is 0.0599. The Hall–Kier alpha value is -3.42. The number of amidine groups is 1. The van der Waals surface area contributed by atoms with Crippen molar-refractivity contribution in [2.24, 2.45) is 5.10 Å². The molecule has 4 aliphatic heterocycles. The summed E-state index contributed by atoms with van der Waals surface area (Å²) in [5.74, 6) is 0.616. The lowest BCUT2D eigenvalue weighted by atomic mass is 9.84. The molecule has 3 saturated heterocycles. The number of benzene rings is 1. The molecule has 2 atom stereocenters. The molecule has 0 aliphatic carbocycles. The summed E-state index contributed by atoms with van der Waals surface area (Å²) < 4.78 is 31.4. The van der Waals surface area contributed by atoms with Gasteiger partial charge in [0, 0.05) is 23.3 Å². The van der Waals surface area contributed by atoms with Crippen LogP contribution in [0.1, 0.15) is 39.5 Å². The van der Waals surface area contributed by atoms with Gasteiger partial charge in [-0.2, -0.15) is 4.98 Å². The Bertz CT molecular complexity index is 1210. The van der Waals surface area contributed by atoms with Gasteiger partial charge < -0.3 is 24.8 Å². The fourth-order valence-corrected chi connectivity index (χ4v) is 5.81. The Morgan fingerprint density at radius 2 is 2.13 bits per heavy atom. The standard InChI is InChI=1S/C25H34FN9O3/c1-25(2)11-16(9-17-5-4-8-34(17)25)28-22-19(26)12-27-23(30-22)29-15-6-7-21(36-3)20(10-15)35-24(31-32-33-35)38-18-13-37-14-18/h6-7,10,12,16-18,32-33H,4-5,8-9,11,13-14H2,1-3H3,(H2,27,28,29,30)/t16-,17?/m1/s1. The third kappa shape index (κ3) is 4.88. The molecule has 0 saturated carbocycles. The number of hydrogen-bond donors (Lipinski definition) is 4. The van der Waals surface area contributed by atoms with Gasteiger partial charge in [0.1, 0.15) is 17.5 Å². The van der Waals surface area contributed by atoms with E-state index in [1.54, 1.807) is 12.1 Å². The van der Waals surface area contributed by atoms with E-state index in [9.17, 15) is 4.39 Å². The maximum absolute atomic E-state index is 14.8. The van der Waals surface area contributed by atoms with Gasteiger partial charge in [0.25, 0.3) is 0 Å². The van der Waals surface area contributed by atoms with Crippen LogP contribution in [0.2, 0.25) is 0 Å². The third-order valence-corrected chi connectivity index (χ3v) is 7.60. The summed E-state index contributed by atoms with van der Waals surface area (Å²) in [4.78, 5) is 11.3. The first-order valence-electron chi connectivity index (χ1n) is 13.0. The summed E-state index contributed by atoms with van der Waals surface area (Å²) in [7, 11) is 1.59. The highest BCUT2D eigenvalue weighted by molar-refractivity contribution is 5.94. The zero-order chi connectivity index (χ0) is 26.3. The number of piperidine rings is 1. The first kappa shape index (κ1) is 24.9. The molecule has 4 N–H and O–H groups in total. The lowest BCUT2D eigenvalue weighted by Crippen LogP contribution is -2.55. The van der Waals surface area contributed by atoms with Crippen molar-refractivity contribution in [1.29, 1.82) is 0 Å². The minimum atomic E-state index is -0.469. The smallest absolute Gasteiger partial charge is 0.332 e. The SMILES string of the molecule is COc1ccc(Nc2ncc(F)c(N[C@@H]3CC4CCCN4C(C)(C)C3)n2)cc1N1NNN=C1OC1COC1. The fourth-order valence-electron chi connectivity index (χ4n) is 5.81. The van der Waals surface area contributed by atoms with Crippen LogP contribution in [0.4, 0.5) is 27.5 Å². The van der Waals surface area contributed by atoms with Crippen molar-refractivity contribution in [3.63, 3.8) is 0 Å². The van der Waals surface area contributed by atoms with E-state index in [0.717, 1.165) is 19.4 Å². The van der Waals surface area contributed by atoms with Gasteiger partial charge >= 0.3 is 6.02 Å². The maximum atomic E-state index is 14.8. The number of hydrogen-bond acceptors (Lipinski definition) is 12. The number of methoxy groups -OCH3 is 1. The predicted molar refractivity (Wildman–Crippen MR) is 141 cm³/mol. The van der Waals surface area contributed by atoms with Gasteiger partial charge in [-0.15, -0.1) is 10.6 Å². The largest absolute Gasteiger partial charge is 0.495 e. The minimum Gasteiger partial charge on any atom is -0.495 e. The Labute approximate surface area is 220 Å². The average Bonchev–Trinajstić information content (AvgIpc) is 3.53. The molecule has 38 heavy (non-hydrogen) atoms. The number of fused-ring (bicyclic) bond motifs is 1. The van der Waals surface area contributed by atoms with E-state index >= 15 is 0 Å². The number of hydrazone groups is 1. The van der Waals surface area contributed by atoms with Crippen LogP contribution in [0.15, 0.2) is 29.5 Å². The number of hydrazine groups is 2. The summed E-state index contributed by atoms with van der Waals surface area (Å²) in [5, 5.41) is 12.4. The zero-order valence-corrected chi connectivity index (χ0v) is 21.8. The quantitative estimate of drug-likeness (QED) is 0.425. The first-order chi connectivity index (χ1) is 18.4. The Morgan fingerprint density at radius 1 is 1.26 bits per heavy atom. The topological polar surface area (TPSA) is 120 Å². The van der Waals surface area contributed by atoms with E-state index < -0.39 is 5.82 Å². The monoisotopic (exact) mass is 527 g/mol. The molecule has 0 amide bonds. The molecule has 1 aromatic heterocycles. The lowest BCUT2D eigenvalue weighted by molar-refractivity contribution is -0.0866. The second-order valence-corrected chi connectivity index (χ2v) is 10.7. The molecule has 13 heteroatoms. The summed E-state index contributed by atoms with van der Waals surface area (Å²) in [6.45, 7) is 6.72. The van der Waals surface area contributed by atoms with Crippen LogP contribution < -0.4 is 31.4 Å². The lowest BCUT2D eigenvalue weighted by Gasteiger charge is -2.47. The molecule has 3 fully saturated rings. The molecule has 12 nitrogen and oxygen atoms in total. The number of halogens is 1. The highest BCUT2D eigenvalue weighted by atomic mass is 19.1. The zero-order valence-electron chi connectivity index (χ0n) is 21.8. The molecule has 0 spiro atoms. The predicted octanol–water partition coefficient (Wildman–Crippen LogP) is 2.70. The maximum Gasteiger partial charge on any atom is 0.332 e. The van der Waals surface area contributed by atoms with Gasteiger partial charge in [-0.05, 0) is 64.3 Å². The van der Waals surface area contributed by atoms with E-state index in [0.29, 0.717) is 42.4 Å². The molecular weight excluding hydrogens is 493 g/mol. The highest BCUT2D eigenvalue weighted by Gasteiger charge is 2.43. The summed E-state index contributed by atoms with van der Waals surface area (Å²) in [6.07, 6.45) is 5.45. The van der Waals surface area contributed by atoms with Gasteiger partial charge in [0.2, 0.25) is 5.95 Å². The molecule has 4 aliphatic rings. The van der Waals surface area contributed by atoms with Crippen LogP contribution >= 0.6 is 0 Å². The van der Waals surface area contributed by atoms with Gasteiger partial charge in [0.05, 0.1) is 26.5 Å². The van der Waals surface area contributed by atoms with E-state index in [-0.39, 0.29) is 29.5 Å². The van der Waals surface area contributed by atoms with Crippen LogP contribution in [0, 0.1) is 5.82 Å². The third-order valence-electron chi connectivity index (χ3n) is 7.60. The van der Waals surface area contributed by atoms with Gasteiger partial charge in [0.15, 0.2) is 11.6 Å². The molecule has 0 radical (unpaired) electrons. The Morgan fingerprint density at radius 3 is 2.92 bits per heavy atom. The van der Waals surface area contributed by atoms with Crippen molar-refractivity contribution in [1.82, 2.24) is 25.9 Å². The van der Waals surface area contributed by atoms with E-state index in [4.69, 9.17) is 14.2 Å². The molecule has 0 bridgehead atoms. The fraction of sp³-hybridized carbons (Fsp3) is 0.560. The number of aromatic nitrogens is 2. The molecular formula is C25H34FN9O3. The van der Waals surface area contributed by atoms with Crippen LogP contribution in [-0.2, 0) is 9.47 Å². The highest BCUT2D eigenvalue weighted by Crippen LogP contribution is 2.39. The number of nitrogens with one attached hydrogen (secondary N) is 4. The Balaban J connectivity index is 1.18. The molecule has 1 unspecified atom stereocenters. The average molecular weight is 528 g/mol. The van der Waals surface area contributed by atoms with Crippen molar-refractivity contribution in [2.45, 2.75) is 63.3 Å². The summed E-state index contributed by atoms with van der Waals surface area (Å²) >= 11 is 0. The summed E-state index contributed by atoms with van der Waals surface area (Å²) in [5.41, 5.74) is 7.04. The van der Waals surface area contributed by atoms with Crippen LogP contribution in [0.5, 0.6) is 5.75 Å². The molecule has 5 heterocycles. The number of rotatable bonds is 7. The van der Waals surface area contributed by atoms with E-state index in [2.05, 4.69) is 55.5 Å². The summed E-state index contributed by atoms with van der Waals surface area (Å²) in [6, 6.07) is 6.49. The number of ether oxygens (including phenoxy) is 3. The van der Waals surface area contributed by atoms with E-state index in [1.165, 1.54) is 19.0 Å². The van der Waals surface area contributed by atoms with Crippen LogP contribution in [-0.4, -0.2) is 71.5 Å². The molecule has 6 rings (SSSR count). The number of nitrogens with zero attached hydrogens (tertiary/aromatic N) is 5. The van der Waals surface area contributed by atoms with Crippen molar-refractivity contribution >= 4 is 29.2 Å². The second-order valence-electron chi connectivity index (χ2n) is 10.7. The van der Waals surface area contributed by atoms with Crippen LogP contribution in [0.3, 0.4) is 0 Å². The van der Waals surface area contributed by atoms with Crippen molar-refractivity contribution < 1.29 is 18.6 Å². The molecule has 1 aromatic carbocycles. The van der Waals surface area contributed by atoms with Gasteiger partial charge in [-0.3, -0.25) is 4.90 Å². The molecule has 204 valence electrons.